The van der Waals surface area contributed by atoms with E-state index in [-0.39, 0.29) is 24.3 Å². The molecule has 3 aliphatic rings. The van der Waals surface area contributed by atoms with Gasteiger partial charge in [0.15, 0.2) is 0 Å². The largest absolute Gasteiger partial charge is 0.323 e. The number of benzene rings is 1. The SMILES string of the molecule is O=C1CN(C(=O)C2CC3CCC2N3)c2ccccc2N1. The van der Waals surface area contributed by atoms with Crippen LogP contribution < -0.4 is 15.5 Å². The molecule has 0 aliphatic carbocycles. The van der Waals surface area contributed by atoms with Crippen LogP contribution >= 0.6 is 0 Å². The zero-order valence-electron chi connectivity index (χ0n) is 11.1. The first-order chi connectivity index (χ1) is 9.72. The highest BCUT2D eigenvalue weighted by atomic mass is 16.2. The summed E-state index contributed by atoms with van der Waals surface area (Å²) < 4.78 is 0. The van der Waals surface area contributed by atoms with Crippen molar-refractivity contribution in [3.05, 3.63) is 24.3 Å². The number of carbonyl (C=O) groups is 2. The molecule has 4 rings (SSSR count). The van der Waals surface area contributed by atoms with Gasteiger partial charge in [-0.2, -0.15) is 0 Å². The Balaban J connectivity index is 1.65. The second kappa shape index (κ2) is 4.31. The average Bonchev–Trinajstić information content (AvgIpc) is 3.08. The summed E-state index contributed by atoms with van der Waals surface area (Å²) in [6.45, 7) is 0.129. The third-order valence-corrected chi connectivity index (χ3v) is 4.65. The van der Waals surface area contributed by atoms with Crippen molar-refractivity contribution in [1.82, 2.24) is 5.32 Å². The Morgan fingerprint density at radius 3 is 2.85 bits per heavy atom. The normalized spacial score (nSPS) is 31.1. The fourth-order valence-electron chi connectivity index (χ4n) is 3.73. The summed E-state index contributed by atoms with van der Waals surface area (Å²) >= 11 is 0. The fraction of sp³-hybridized carbons (Fsp3) is 0.467. The molecule has 104 valence electrons. The second-order valence-electron chi connectivity index (χ2n) is 5.88. The molecule has 3 heterocycles. The topological polar surface area (TPSA) is 61.4 Å². The van der Waals surface area contributed by atoms with Crippen LogP contribution in [0.3, 0.4) is 0 Å². The maximum atomic E-state index is 12.8. The van der Waals surface area contributed by atoms with Crippen molar-refractivity contribution in [2.75, 3.05) is 16.8 Å². The molecule has 1 aromatic carbocycles. The van der Waals surface area contributed by atoms with Gasteiger partial charge in [-0.1, -0.05) is 12.1 Å². The van der Waals surface area contributed by atoms with Crippen molar-refractivity contribution >= 4 is 23.2 Å². The first-order valence-electron chi connectivity index (χ1n) is 7.18. The van der Waals surface area contributed by atoms with Crippen LogP contribution in [0.5, 0.6) is 0 Å². The molecular weight excluding hydrogens is 254 g/mol. The molecule has 0 spiro atoms. The number of carbonyl (C=O) groups excluding carboxylic acids is 2. The zero-order valence-corrected chi connectivity index (χ0v) is 11.1. The van der Waals surface area contributed by atoms with Crippen LogP contribution in [0.2, 0.25) is 0 Å². The molecule has 2 amide bonds. The van der Waals surface area contributed by atoms with Crippen LogP contribution in [0, 0.1) is 5.92 Å². The molecule has 2 fully saturated rings. The minimum Gasteiger partial charge on any atom is -0.323 e. The molecule has 5 nitrogen and oxygen atoms in total. The maximum absolute atomic E-state index is 12.8. The van der Waals surface area contributed by atoms with E-state index in [1.54, 1.807) is 4.90 Å². The van der Waals surface area contributed by atoms with E-state index in [1.807, 2.05) is 24.3 Å². The molecule has 5 heteroatoms. The van der Waals surface area contributed by atoms with Crippen molar-refractivity contribution in [3.8, 4) is 0 Å². The average molecular weight is 271 g/mol. The van der Waals surface area contributed by atoms with E-state index in [2.05, 4.69) is 10.6 Å². The first-order valence-corrected chi connectivity index (χ1v) is 7.18. The molecule has 0 radical (unpaired) electrons. The van der Waals surface area contributed by atoms with E-state index in [1.165, 1.54) is 6.42 Å². The Morgan fingerprint density at radius 1 is 1.25 bits per heavy atom. The Kier molecular flexibility index (Phi) is 2.57. The Labute approximate surface area is 117 Å². The smallest absolute Gasteiger partial charge is 0.244 e. The number of hydrogen-bond donors (Lipinski definition) is 2. The van der Waals surface area contributed by atoms with Crippen LogP contribution in [-0.4, -0.2) is 30.4 Å². The summed E-state index contributed by atoms with van der Waals surface area (Å²) in [5, 5.41) is 6.31. The van der Waals surface area contributed by atoms with Gasteiger partial charge >= 0.3 is 0 Å². The Bertz CT molecular complexity index is 586. The molecule has 0 aromatic heterocycles. The van der Waals surface area contributed by atoms with Gasteiger partial charge in [-0.15, -0.1) is 0 Å². The van der Waals surface area contributed by atoms with Gasteiger partial charge in [-0.05, 0) is 31.4 Å². The number of amides is 2. The van der Waals surface area contributed by atoms with E-state index >= 15 is 0 Å². The number of para-hydroxylation sites is 2. The van der Waals surface area contributed by atoms with Gasteiger partial charge in [0.1, 0.15) is 6.54 Å². The minimum absolute atomic E-state index is 0.0210. The molecule has 3 unspecified atom stereocenters. The fourth-order valence-corrected chi connectivity index (χ4v) is 3.73. The lowest BCUT2D eigenvalue weighted by Gasteiger charge is -2.32. The number of nitrogens with zero attached hydrogens (tertiary/aromatic N) is 1. The predicted octanol–water partition coefficient (Wildman–Crippen LogP) is 1.11. The quantitative estimate of drug-likeness (QED) is 0.804. The summed E-state index contributed by atoms with van der Waals surface area (Å²) in [6, 6.07) is 8.29. The molecule has 1 aromatic rings. The summed E-state index contributed by atoms with van der Waals surface area (Å²) in [7, 11) is 0. The maximum Gasteiger partial charge on any atom is 0.244 e. The number of anilines is 2. The lowest BCUT2D eigenvalue weighted by molar-refractivity contribution is -0.125. The highest BCUT2D eigenvalue weighted by Gasteiger charge is 2.45. The standard InChI is InChI=1S/C15H17N3O2/c19-14-8-18(13-4-2-1-3-12(13)17-14)15(20)10-7-9-5-6-11(10)16-9/h1-4,9-11,16H,5-8H2,(H,17,19). The molecule has 3 atom stereocenters. The van der Waals surface area contributed by atoms with Gasteiger partial charge in [-0.25, -0.2) is 0 Å². The van der Waals surface area contributed by atoms with Crippen molar-refractivity contribution < 1.29 is 9.59 Å². The van der Waals surface area contributed by atoms with Gasteiger partial charge in [0.2, 0.25) is 11.8 Å². The molecule has 3 aliphatic heterocycles. The third kappa shape index (κ3) is 1.73. The van der Waals surface area contributed by atoms with Gasteiger partial charge in [0, 0.05) is 12.1 Å². The van der Waals surface area contributed by atoms with Crippen molar-refractivity contribution in [2.24, 2.45) is 5.92 Å². The predicted molar refractivity (Wildman–Crippen MR) is 75.5 cm³/mol. The molecule has 2 N–H and O–H groups in total. The second-order valence-corrected chi connectivity index (χ2v) is 5.88. The van der Waals surface area contributed by atoms with Crippen LogP contribution in [0.1, 0.15) is 19.3 Å². The summed E-state index contributed by atoms with van der Waals surface area (Å²) in [4.78, 5) is 26.3. The van der Waals surface area contributed by atoms with Crippen LogP contribution in [0.4, 0.5) is 11.4 Å². The molecule has 2 saturated heterocycles. The molecule has 0 saturated carbocycles. The van der Waals surface area contributed by atoms with Gasteiger partial charge < -0.3 is 15.5 Å². The highest BCUT2D eigenvalue weighted by Crippen LogP contribution is 2.37. The number of fused-ring (bicyclic) bond motifs is 3. The Hall–Kier alpha value is -1.88. The van der Waals surface area contributed by atoms with Gasteiger partial charge in [-0.3, -0.25) is 9.59 Å². The third-order valence-electron chi connectivity index (χ3n) is 4.65. The van der Waals surface area contributed by atoms with Crippen LogP contribution in [0.25, 0.3) is 0 Å². The number of rotatable bonds is 1. The highest BCUT2D eigenvalue weighted by molar-refractivity contribution is 6.10. The lowest BCUT2D eigenvalue weighted by Crippen LogP contribution is -2.47. The number of hydrogen-bond acceptors (Lipinski definition) is 3. The molecule has 20 heavy (non-hydrogen) atoms. The van der Waals surface area contributed by atoms with Gasteiger partial charge in [0.05, 0.1) is 17.3 Å². The van der Waals surface area contributed by atoms with Crippen molar-refractivity contribution in [1.29, 1.82) is 0 Å². The van der Waals surface area contributed by atoms with E-state index in [4.69, 9.17) is 0 Å². The molecular formula is C15H17N3O2. The minimum atomic E-state index is -0.117. The lowest BCUT2D eigenvalue weighted by atomic mass is 9.88. The van der Waals surface area contributed by atoms with Crippen LogP contribution in [-0.2, 0) is 9.59 Å². The van der Waals surface area contributed by atoms with E-state index in [0.717, 1.165) is 24.2 Å². The van der Waals surface area contributed by atoms with E-state index in [9.17, 15) is 9.59 Å². The number of nitrogens with one attached hydrogen (secondary N) is 2. The molecule has 2 bridgehead atoms. The van der Waals surface area contributed by atoms with Crippen molar-refractivity contribution in [2.45, 2.75) is 31.3 Å². The monoisotopic (exact) mass is 271 g/mol. The van der Waals surface area contributed by atoms with Crippen molar-refractivity contribution in [3.63, 3.8) is 0 Å². The summed E-state index contributed by atoms with van der Waals surface area (Å²) in [5.74, 6) is -0.00660. The van der Waals surface area contributed by atoms with Gasteiger partial charge in [0.25, 0.3) is 0 Å². The Morgan fingerprint density at radius 2 is 2.10 bits per heavy atom. The van der Waals surface area contributed by atoms with E-state index in [0.29, 0.717) is 12.1 Å². The van der Waals surface area contributed by atoms with Crippen LogP contribution in [0.15, 0.2) is 24.3 Å². The summed E-state index contributed by atoms with van der Waals surface area (Å²) in [5.41, 5.74) is 1.55. The zero-order chi connectivity index (χ0) is 13.7. The summed E-state index contributed by atoms with van der Waals surface area (Å²) in [6.07, 6.45) is 3.15. The van der Waals surface area contributed by atoms with E-state index < -0.39 is 0 Å². The first kappa shape index (κ1) is 11.9.